The molecule has 0 aromatic heterocycles. The summed E-state index contributed by atoms with van der Waals surface area (Å²) in [6.07, 6.45) is 0. The molecule has 7 heteroatoms. The fourth-order valence-corrected chi connectivity index (χ4v) is 2.14. The lowest BCUT2D eigenvalue weighted by atomic mass is 10.1. The number of sulfonamides is 1. The Kier molecular flexibility index (Phi) is 3.88. The molecule has 0 aliphatic heterocycles. The summed E-state index contributed by atoms with van der Waals surface area (Å²) in [6.45, 7) is 0. The number of alkyl halides is 2. The van der Waals surface area contributed by atoms with Crippen LogP contribution in [0.4, 0.5) is 0 Å². The van der Waals surface area contributed by atoms with E-state index in [0.29, 0.717) is 0 Å². The van der Waals surface area contributed by atoms with Gasteiger partial charge in [0.15, 0.2) is 10.1 Å². The molecule has 0 spiro atoms. The van der Waals surface area contributed by atoms with Crippen molar-refractivity contribution in [2.24, 2.45) is 5.14 Å². The van der Waals surface area contributed by atoms with Gasteiger partial charge in [-0.1, -0.05) is 28.1 Å². The molecular weight excluding hydrogens is 306 g/mol. The highest BCUT2D eigenvalue weighted by atomic mass is 79.9. The minimum atomic E-state index is -3.91. The van der Waals surface area contributed by atoms with Gasteiger partial charge in [-0.05, 0) is 12.1 Å². The molecule has 0 aliphatic rings. The first kappa shape index (κ1) is 12.6. The smallest absolute Gasteiger partial charge is 0.238 e. The summed E-state index contributed by atoms with van der Waals surface area (Å²) in [6, 6.07) is 5.63. The number of hydrogen-bond acceptors (Lipinski definition) is 3. The van der Waals surface area contributed by atoms with E-state index in [-0.39, 0.29) is 10.5 Å². The van der Waals surface area contributed by atoms with Gasteiger partial charge < -0.3 is 0 Å². The highest BCUT2D eigenvalue weighted by Crippen LogP contribution is 2.20. The van der Waals surface area contributed by atoms with E-state index in [1.807, 2.05) is 0 Å². The third kappa shape index (κ3) is 3.01. The number of carbonyl (C=O) groups is 1. The lowest BCUT2D eigenvalue weighted by Gasteiger charge is -2.06. The van der Waals surface area contributed by atoms with Gasteiger partial charge in [-0.25, -0.2) is 13.6 Å². The first-order valence-electron chi connectivity index (χ1n) is 3.78. The summed E-state index contributed by atoms with van der Waals surface area (Å²) in [5.74, 6) is -0.540. The number of Topliss-reactive ketones (excluding diaryl/α,β-unsaturated/α-hetero) is 1. The van der Waals surface area contributed by atoms with Crippen LogP contribution < -0.4 is 5.14 Å². The number of hydrogen-bond donors (Lipinski definition) is 1. The van der Waals surface area contributed by atoms with Crippen LogP contribution >= 0.6 is 27.5 Å². The third-order valence-corrected chi connectivity index (χ3v) is 3.24. The van der Waals surface area contributed by atoms with E-state index in [9.17, 15) is 13.2 Å². The Balaban J connectivity index is 3.38. The van der Waals surface area contributed by atoms with Gasteiger partial charge in [-0.3, -0.25) is 4.79 Å². The van der Waals surface area contributed by atoms with E-state index in [0.717, 1.165) is 0 Å². The molecular formula is C8H7BrClNO3S. The van der Waals surface area contributed by atoms with E-state index in [1.165, 1.54) is 24.3 Å². The normalized spacial score (nSPS) is 13.5. The summed E-state index contributed by atoms with van der Waals surface area (Å²) in [5.41, 5.74) is -0.0168. The highest BCUT2D eigenvalue weighted by Gasteiger charge is 2.22. The van der Waals surface area contributed by atoms with Crippen LogP contribution in [0.15, 0.2) is 29.2 Å². The molecule has 0 saturated heterocycles. The second-order valence-corrected chi connectivity index (χ2v) is 6.12. The summed E-state index contributed by atoms with van der Waals surface area (Å²) < 4.78 is 21.3. The topological polar surface area (TPSA) is 77.2 Å². The lowest BCUT2D eigenvalue weighted by Crippen LogP contribution is -2.18. The third-order valence-electron chi connectivity index (χ3n) is 1.66. The number of nitrogens with two attached hydrogens (primary N) is 1. The van der Waals surface area contributed by atoms with Gasteiger partial charge in [0, 0.05) is 5.56 Å². The number of halogens is 2. The van der Waals surface area contributed by atoms with Crippen molar-refractivity contribution in [3.8, 4) is 0 Å². The Bertz CT molecular complexity index is 486. The Hall–Kier alpha value is -0.430. The van der Waals surface area contributed by atoms with Crippen molar-refractivity contribution in [2.45, 2.75) is 9.18 Å². The van der Waals surface area contributed by atoms with Crippen LogP contribution in [-0.4, -0.2) is 18.5 Å². The summed E-state index contributed by atoms with van der Waals surface area (Å²) in [7, 11) is -3.91. The predicted molar refractivity (Wildman–Crippen MR) is 60.7 cm³/mol. The van der Waals surface area contributed by atoms with Crippen LogP contribution in [0.2, 0.25) is 0 Å². The zero-order valence-electron chi connectivity index (χ0n) is 7.35. The maximum atomic E-state index is 11.5. The zero-order chi connectivity index (χ0) is 11.6. The highest BCUT2D eigenvalue weighted by molar-refractivity contribution is 9.10. The quantitative estimate of drug-likeness (QED) is 0.678. The molecule has 1 aromatic rings. The van der Waals surface area contributed by atoms with Gasteiger partial charge in [0.2, 0.25) is 10.0 Å². The maximum Gasteiger partial charge on any atom is 0.238 e. The van der Waals surface area contributed by atoms with Crippen molar-refractivity contribution in [1.82, 2.24) is 0 Å². The molecule has 0 saturated carbocycles. The van der Waals surface area contributed by atoms with E-state index in [1.54, 1.807) is 0 Å². The molecule has 4 nitrogen and oxygen atoms in total. The SMILES string of the molecule is NS(=O)(=O)c1ccccc1C(=O)C(Cl)Br. The van der Waals surface area contributed by atoms with Crippen molar-refractivity contribution < 1.29 is 13.2 Å². The summed E-state index contributed by atoms with van der Waals surface area (Å²) in [5, 5.41) is 4.96. The van der Waals surface area contributed by atoms with Gasteiger partial charge in [-0.15, -0.1) is 11.6 Å². The van der Waals surface area contributed by atoms with Crippen molar-refractivity contribution in [3.63, 3.8) is 0 Å². The molecule has 0 aliphatic carbocycles. The first-order chi connectivity index (χ1) is 6.84. The van der Waals surface area contributed by atoms with Crippen LogP contribution in [0.1, 0.15) is 10.4 Å². The second-order valence-electron chi connectivity index (χ2n) is 2.71. The molecule has 1 rings (SSSR count). The first-order valence-corrected chi connectivity index (χ1v) is 6.68. The van der Waals surface area contributed by atoms with Crippen molar-refractivity contribution >= 4 is 43.3 Å². The molecule has 2 N–H and O–H groups in total. The van der Waals surface area contributed by atoms with Crippen LogP contribution in [-0.2, 0) is 10.0 Å². The molecule has 1 aromatic carbocycles. The Labute approximate surface area is 101 Å². The van der Waals surface area contributed by atoms with Crippen LogP contribution in [0.5, 0.6) is 0 Å². The van der Waals surface area contributed by atoms with Crippen molar-refractivity contribution in [2.75, 3.05) is 0 Å². The molecule has 1 atom stereocenters. The summed E-state index contributed by atoms with van der Waals surface area (Å²) >= 11 is 8.37. The van der Waals surface area contributed by atoms with Crippen molar-refractivity contribution in [1.29, 1.82) is 0 Å². The van der Waals surface area contributed by atoms with Gasteiger partial charge in [0.25, 0.3) is 0 Å². The number of rotatable bonds is 3. The van der Waals surface area contributed by atoms with Crippen LogP contribution in [0, 0.1) is 0 Å². The minimum Gasteiger partial charge on any atom is -0.291 e. The minimum absolute atomic E-state index is 0.0168. The van der Waals surface area contributed by atoms with E-state index >= 15 is 0 Å². The maximum absolute atomic E-state index is 11.5. The molecule has 0 amide bonds. The van der Waals surface area contributed by atoms with E-state index < -0.39 is 20.1 Å². The lowest BCUT2D eigenvalue weighted by molar-refractivity contribution is 0.101. The number of ketones is 1. The fourth-order valence-electron chi connectivity index (χ4n) is 1.04. The second kappa shape index (κ2) is 4.61. The van der Waals surface area contributed by atoms with Gasteiger partial charge in [0.1, 0.15) is 0 Å². The number of benzene rings is 1. The fraction of sp³-hybridized carbons (Fsp3) is 0.125. The van der Waals surface area contributed by atoms with Gasteiger partial charge in [-0.2, -0.15) is 0 Å². The molecule has 82 valence electrons. The van der Waals surface area contributed by atoms with Crippen molar-refractivity contribution in [3.05, 3.63) is 29.8 Å². The van der Waals surface area contributed by atoms with Crippen LogP contribution in [0.25, 0.3) is 0 Å². The largest absolute Gasteiger partial charge is 0.291 e. The molecule has 0 fully saturated rings. The Morgan fingerprint density at radius 2 is 1.93 bits per heavy atom. The average molecular weight is 313 g/mol. The van der Waals surface area contributed by atoms with E-state index in [2.05, 4.69) is 15.9 Å². The Morgan fingerprint density at radius 3 is 2.40 bits per heavy atom. The Morgan fingerprint density at radius 1 is 1.40 bits per heavy atom. The summed E-state index contributed by atoms with van der Waals surface area (Å²) in [4.78, 5) is 11.3. The van der Waals surface area contributed by atoms with Gasteiger partial charge in [0.05, 0.1) is 4.90 Å². The van der Waals surface area contributed by atoms with Crippen LogP contribution in [0.3, 0.4) is 0 Å². The standard InChI is InChI=1S/C8H7BrClNO3S/c9-8(10)7(12)5-3-1-2-4-6(5)15(11,13)14/h1-4,8H,(H2,11,13,14). The monoisotopic (exact) mass is 311 g/mol. The number of primary sulfonamides is 1. The predicted octanol–water partition coefficient (Wildman–Crippen LogP) is 1.48. The zero-order valence-corrected chi connectivity index (χ0v) is 10.5. The number of carbonyl (C=O) groups excluding carboxylic acids is 1. The molecule has 0 heterocycles. The molecule has 1 unspecified atom stereocenters. The molecule has 0 radical (unpaired) electrons. The molecule has 0 bridgehead atoms. The van der Waals surface area contributed by atoms with Gasteiger partial charge >= 0.3 is 0 Å². The molecule has 15 heavy (non-hydrogen) atoms. The average Bonchev–Trinajstić information content (AvgIpc) is 2.15. The van der Waals surface area contributed by atoms with E-state index in [4.69, 9.17) is 16.7 Å².